The van der Waals surface area contributed by atoms with E-state index in [0.717, 1.165) is 12.5 Å². The number of likely N-dealkylation sites (tertiary alicyclic amines) is 1. The quantitative estimate of drug-likeness (QED) is 0.765. The summed E-state index contributed by atoms with van der Waals surface area (Å²) in [5.74, 6) is 0.771. The van der Waals surface area contributed by atoms with E-state index < -0.39 is 0 Å². The van der Waals surface area contributed by atoms with E-state index >= 15 is 0 Å². The summed E-state index contributed by atoms with van der Waals surface area (Å²) in [6.07, 6.45) is 5.39. The van der Waals surface area contributed by atoms with Crippen molar-refractivity contribution in [2.24, 2.45) is 11.3 Å². The minimum Gasteiger partial charge on any atom is -0.384 e. The van der Waals surface area contributed by atoms with Crippen LogP contribution in [0.15, 0.2) is 0 Å². The number of ether oxygens (including phenoxy) is 1. The summed E-state index contributed by atoms with van der Waals surface area (Å²) in [7, 11) is 1.82. The van der Waals surface area contributed by atoms with Gasteiger partial charge in [0.05, 0.1) is 6.61 Å². The second-order valence-corrected chi connectivity index (χ2v) is 6.02. The predicted molar refractivity (Wildman–Crippen MR) is 71.3 cm³/mol. The van der Waals surface area contributed by atoms with E-state index in [1.54, 1.807) is 0 Å². The molecule has 0 radical (unpaired) electrons. The Morgan fingerprint density at radius 2 is 2.35 bits per heavy atom. The standard InChI is InChI=1S/C14H28N2O/c1-3-5-14(6-7-15-11-14)12-16-8-4-13(9-16)10-17-2/h13,15H,3-12H2,1-2H3. The van der Waals surface area contributed by atoms with Gasteiger partial charge in [0.25, 0.3) is 0 Å². The minimum absolute atomic E-state index is 0.566. The lowest BCUT2D eigenvalue weighted by atomic mass is 9.82. The summed E-state index contributed by atoms with van der Waals surface area (Å²) in [4.78, 5) is 2.67. The molecule has 2 atom stereocenters. The normalized spacial score (nSPS) is 34.6. The maximum absolute atomic E-state index is 5.28. The molecule has 2 saturated heterocycles. The van der Waals surface area contributed by atoms with Crippen LogP contribution in [0.4, 0.5) is 0 Å². The molecule has 2 fully saturated rings. The monoisotopic (exact) mass is 240 g/mol. The van der Waals surface area contributed by atoms with Gasteiger partial charge in [-0.15, -0.1) is 0 Å². The van der Waals surface area contributed by atoms with Crippen LogP contribution in [0.3, 0.4) is 0 Å². The van der Waals surface area contributed by atoms with Crippen molar-refractivity contribution in [1.29, 1.82) is 0 Å². The molecule has 2 rings (SSSR count). The third-order valence-electron chi connectivity index (χ3n) is 4.44. The van der Waals surface area contributed by atoms with Gasteiger partial charge in [-0.3, -0.25) is 0 Å². The van der Waals surface area contributed by atoms with Gasteiger partial charge in [0.2, 0.25) is 0 Å². The third-order valence-corrected chi connectivity index (χ3v) is 4.44. The molecule has 3 nitrogen and oxygen atoms in total. The summed E-state index contributed by atoms with van der Waals surface area (Å²) < 4.78 is 5.28. The van der Waals surface area contributed by atoms with Gasteiger partial charge in [-0.1, -0.05) is 13.3 Å². The molecule has 2 aliphatic heterocycles. The van der Waals surface area contributed by atoms with E-state index in [9.17, 15) is 0 Å². The topological polar surface area (TPSA) is 24.5 Å². The van der Waals surface area contributed by atoms with Gasteiger partial charge < -0.3 is 15.0 Å². The molecule has 2 heterocycles. The second kappa shape index (κ2) is 6.17. The number of methoxy groups -OCH3 is 1. The van der Waals surface area contributed by atoms with Crippen LogP contribution in [0, 0.1) is 11.3 Å². The molecular weight excluding hydrogens is 212 g/mol. The Labute approximate surface area is 106 Å². The van der Waals surface area contributed by atoms with Crippen molar-refractivity contribution in [1.82, 2.24) is 10.2 Å². The Morgan fingerprint density at radius 3 is 3.00 bits per heavy atom. The maximum Gasteiger partial charge on any atom is 0.0503 e. The van der Waals surface area contributed by atoms with Gasteiger partial charge in [-0.05, 0) is 43.7 Å². The SMILES string of the molecule is CCCC1(CN2CCC(COC)C2)CCNC1. The van der Waals surface area contributed by atoms with E-state index in [4.69, 9.17) is 4.74 Å². The fourth-order valence-electron chi connectivity index (χ4n) is 3.66. The molecule has 1 N–H and O–H groups in total. The van der Waals surface area contributed by atoms with E-state index in [1.165, 1.54) is 58.4 Å². The summed E-state index contributed by atoms with van der Waals surface area (Å²) in [5.41, 5.74) is 0.566. The molecule has 2 unspecified atom stereocenters. The smallest absolute Gasteiger partial charge is 0.0503 e. The summed E-state index contributed by atoms with van der Waals surface area (Å²) in [6, 6.07) is 0. The molecule has 0 spiro atoms. The fourth-order valence-corrected chi connectivity index (χ4v) is 3.66. The number of hydrogen-bond donors (Lipinski definition) is 1. The Bertz CT molecular complexity index is 226. The minimum atomic E-state index is 0.566. The largest absolute Gasteiger partial charge is 0.384 e. The molecule has 17 heavy (non-hydrogen) atoms. The first-order chi connectivity index (χ1) is 8.28. The summed E-state index contributed by atoms with van der Waals surface area (Å²) in [6.45, 7) is 9.53. The Morgan fingerprint density at radius 1 is 1.47 bits per heavy atom. The number of hydrogen-bond acceptors (Lipinski definition) is 3. The first-order valence-electron chi connectivity index (χ1n) is 7.20. The van der Waals surface area contributed by atoms with Crippen molar-refractivity contribution in [3.63, 3.8) is 0 Å². The molecule has 0 bridgehead atoms. The highest BCUT2D eigenvalue weighted by Gasteiger charge is 2.36. The lowest BCUT2D eigenvalue weighted by Gasteiger charge is -2.33. The Kier molecular flexibility index (Phi) is 4.83. The van der Waals surface area contributed by atoms with E-state index in [2.05, 4.69) is 17.1 Å². The van der Waals surface area contributed by atoms with Crippen molar-refractivity contribution in [2.45, 2.75) is 32.6 Å². The van der Waals surface area contributed by atoms with Crippen LogP contribution in [0.5, 0.6) is 0 Å². The van der Waals surface area contributed by atoms with E-state index in [1.807, 2.05) is 7.11 Å². The Balaban J connectivity index is 1.83. The van der Waals surface area contributed by atoms with Crippen molar-refractivity contribution in [2.75, 3.05) is 46.4 Å². The van der Waals surface area contributed by atoms with Crippen LogP contribution in [0.1, 0.15) is 32.6 Å². The van der Waals surface area contributed by atoms with Crippen LogP contribution >= 0.6 is 0 Å². The molecule has 0 saturated carbocycles. The zero-order valence-corrected chi connectivity index (χ0v) is 11.5. The summed E-state index contributed by atoms with van der Waals surface area (Å²) >= 11 is 0. The van der Waals surface area contributed by atoms with Crippen LogP contribution in [0.25, 0.3) is 0 Å². The first-order valence-corrected chi connectivity index (χ1v) is 7.20. The highest BCUT2D eigenvalue weighted by Crippen LogP contribution is 2.33. The van der Waals surface area contributed by atoms with Gasteiger partial charge in [0, 0.05) is 26.7 Å². The van der Waals surface area contributed by atoms with Gasteiger partial charge in [0.1, 0.15) is 0 Å². The molecule has 0 aliphatic carbocycles. The highest BCUT2D eigenvalue weighted by atomic mass is 16.5. The lowest BCUT2D eigenvalue weighted by Crippen LogP contribution is -2.38. The van der Waals surface area contributed by atoms with Gasteiger partial charge >= 0.3 is 0 Å². The molecule has 3 heteroatoms. The molecular formula is C14H28N2O. The fraction of sp³-hybridized carbons (Fsp3) is 1.00. The summed E-state index contributed by atoms with van der Waals surface area (Å²) in [5, 5.41) is 3.56. The van der Waals surface area contributed by atoms with Crippen LogP contribution < -0.4 is 5.32 Å². The van der Waals surface area contributed by atoms with Crippen molar-refractivity contribution in [3.8, 4) is 0 Å². The van der Waals surface area contributed by atoms with E-state index in [-0.39, 0.29) is 0 Å². The third kappa shape index (κ3) is 3.43. The zero-order chi connectivity index (χ0) is 12.1. The second-order valence-electron chi connectivity index (χ2n) is 6.02. The number of nitrogens with one attached hydrogen (secondary N) is 1. The molecule has 0 amide bonds. The Hall–Kier alpha value is -0.120. The predicted octanol–water partition coefficient (Wildman–Crippen LogP) is 1.73. The van der Waals surface area contributed by atoms with Crippen LogP contribution in [-0.4, -0.2) is 51.3 Å². The lowest BCUT2D eigenvalue weighted by molar-refractivity contribution is 0.139. The van der Waals surface area contributed by atoms with Crippen molar-refractivity contribution in [3.05, 3.63) is 0 Å². The van der Waals surface area contributed by atoms with Crippen molar-refractivity contribution >= 4 is 0 Å². The highest BCUT2D eigenvalue weighted by molar-refractivity contribution is 4.91. The van der Waals surface area contributed by atoms with Crippen LogP contribution in [-0.2, 0) is 4.74 Å². The van der Waals surface area contributed by atoms with Gasteiger partial charge in [-0.2, -0.15) is 0 Å². The molecule has 0 aromatic carbocycles. The average Bonchev–Trinajstić information content (AvgIpc) is 2.91. The maximum atomic E-state index is 5.28. The number of nitrogens with zero attached hydrogens (tertiary/aromatic N) is 1. The van der Waals surface area contributed by atoms with Gasteiger partial charge in [-0.25, -0.2) is 0 Å². The van der Waals surface area contributed by atoms with Crippen molar-refractivity contribution < 1.29 is 4.74 Å². The molecule has 0 aromatic rings. The molecule has 100 valence electrons. The van der Waals surface area contributed by atoms with E-state index in [0.29, 0.717) is 5.41 Å². The first kappa shape index (κ1) is 13.3. The zero-order valence-electron chi connectivity index (χ0n) is 11.5. The molecule has 0 aromatic heterocycles. The molecule has 2 aliphatic rings. The van der Waals surface area contributed by atoms with Gasteiger partial charge in [0.15, 0.2) is 0 Å². The van der Waals surface area contributed by atoms with Crippen LogP contribution in [0.2, 0.25) is 0 Å². The number of rotatable bonds is 6. The average molecular weight is 240 g/mol.